The average molecular weight is 1100 g/mol. The van der Waals surface area contributed by atoms with Crippen LogP contribution in [0.5, 0.6) is 0 Å². The number of carbonyl (C=O) groups excluding carboxylic acids is 3. The van der Waals surface area contributed by atoms with E-state index in [1.54, 1.807) is 0 Å². The van der Waals surface area contributed by atoms with E-state index in [1.807, 2.05) is 0 Å². The molecule has 0 aliphatic carbocycles. The van der Waals surface area contributed by atoms with Crippen LogP contribution in [0.15, 0.2) is 72.9 Å². The molecule has 0 aromatic heterocycles. The number of hydrogen-bond donors (Lipinski definition) is 0. The minimum Gasteiger partial charge on any atom is -0.462 e. The quantitative estimate of drug-likeness (QED) is 0.0261. The molecule has 0 amide bonds. The van der Waals surface area contributed by atoms with Gasteiger partial charge in [-0.1, -0.05) is 318 Å². The number of rotatable bonds is 63. The van der Waals surface area contributed by atoms with E-state index in [0.29, 0.717) is 19.3 Å². The zero-order chi connectivity index (χ0) is 57.1. The summed E-state index contributed by atoms with van der Waals surface area (Å²) in [6.45, 7) is 6.55. The first-order valence-corrected chi connectivity index (χ1v) is 34.4. The third kappa shape index (κ3) is 65.5. The highest BCUT2D eigenvalue weighted by atomic mass is 16.6. The van der Waals surface area contributed by atoms with Gasteiger partial charge in [0, 0.05) is 19.3 Å². The van der Waals surface area contributed by atoms with E-state index in [2.05, 4.69) is 93.7 Å². The summed E-state index contributed by atoms with van der Waals surface area (Å²) in [6.07, 6.45) is 87.8. The van der Waals surface area contributed by atoms with Gasteiger partial charge < -0.3 is 14.2 Å². The zero-order valence-electron chi connectivity index (χ0n) is 52.6. The minimum atomic E-state index is -0.782. The Morgan fingerprint density at radius 3 is 0.772 bits per heavy atom. The molecule has 0 aliphatic rings. The molecular formula is C73H130O6. The fraction of sp³-hybridized carbons (Fsp3) is 0.795. The monoisotopic (exact) mass is 1100 g/mol. The van der Waals surface area contributed by atoms with Crippen molar-refractivity contribution in [2.45, 2.75) is 361 Å². The summed E-state index contributed by atoms with van der Waals surface area (Å²) in [5.41, 5.74) is 0. The second kappa shape index (κ2) is 67.4. The molecule has 0 aromatic carbocycles. The third-order valence-electron chi connectivity index (χ3n) is 15.2. The Labute approximate surface area is 491 Å². The molecule has 0 rings (SSSR count). The first-order valence-electron chi connectivity index (χ1n) is 34.4. The van der Waals surface area contributed by atoms with Gasteiger partial charge in [0.2, 0.25) is 0 Å². The molecule has 1 atom stereocenters. The largest absolute Gasteiger partial charge is 0.462 e. The summed E-state index contributed by atoms with van der Waals surface area (Å²) in [6, 6.07) is 0. The Morgan fingerprint density at radius 1 is 0.266 bits per heavy atom. The predicted molar refractivity (Wildman–Crippen MR) is 344 cm³/mol. The lowest BCUT2D eigenvalue weighted by molar-refractivity contribution is -0.167. The van der Waals surface area contributed by atoms with Crippen molar-refractivity contribution in [3.63, 3.8) is 0 Å². The molecule has 6 nitrogen and oxygen atoms in total. The number of hydrogen-bond acceptors (Lipinski definition) is 6. The summed E-state index contributed by atoms with van der Waals surface area (Å²) in [7, 11) is 0. The van der Waals surface area contributed by atoms with Crippen molar-refractivity contribution in [2.75, 3.05) is 13.2 Å². The lowest BCUT2D eigenvalue weighted by atomic mass is 10.0. The van der Waals surface area contributed by atoms with Gasteiger partial charge in [0.1, 0.15) is 13.2 Å². The van der Waals surface area contributed by atoms with Crippen LogP contribution in [-0.2, 0) is 28.6 Å². The number of ether oxygens (including phenoxy) is 3. The third-order valence-corrected chi connectivity index (χ3v) is 15.2. The van der Waals surface area contributed by atoms with Gasteiger partial charge in [-0.2, -0.15) is 0 Å². The molecule has 0 N–H and O–H groups in total. The molecule has 0 heterocycles. The van der Waals surface area contributed by atoms with Crippen molar-refractivity contribution in [1.82, 2.24) is 0 Å². The van der Waals surface area contributed by atoms with Crippen molar-refractivity contribution in [3.05, 3.63) is 72.9 Å². The standard InChI is InChI=1S/C73H130O6/c1-4-7-10-13-16-19-22-25-27-29-31-32-33-34-35-36-37-38-39-40-42-43-45-48-51-54-57-60-63-66-72(75)78-69-70(68-77-71(74)65-62-59-56-53-50-47-24-21-18-15-12-9-6-3)79-73(76)67-64-61-58-55-52-49-46-44-41-30-28-26-23-20-17-14-11-8-5-2/h8,11,17,20,22,25-26,28-29,31,41,44,70H,4-7,9-10,12-16,18-19,21,23-24,27,30,32-40,42-43,45-69H2,1-3H3/b11-8-,20-17-,25-22-,28-26-,31-29-,44-41-. The Balaban J connectivity index is 4.23. The average Bonchev–Trinajstić information content (AvgIpc) is 3.45. The van der Waals surface area contributed by atoms with Crippen molar-refractivity contribution in [1.29, 1.82) is 0 Å². The van der Waals surface area contributed by atoms with Crippen LogP contribution < -0.4 is 0 Å². The maximum absolute atomic E-state index is 12.9. The van der Waals surface area contributed by atoms with Crippen molar-refractivity contribution in [2.24, 2.45) is 0 Å². The van der Waals surface area contributed by atoms with Crippen LogP contribution >= 0.6 is 0 Å². The lowest BCUT2D eigenvalue weighted by Gasteiger charge is -2.18. The smallest absolute Gasteiger partial charge is 0.306 e. The summed E-state index contributed by atoms with van der Waals surface area (Å²) >= 11 is 0. The van der Waals surface area contributed by atoms with Crippen LogP contribution in [0.2, 0.25) is 0 Å². The zero-order valence-corrected chi connectivity index (χ0v) is 52.6. The van der Waals surface area contributed by atoms with Gasteiger partial charge in [0.25, 0.3) is 0 Å². The van der Waals surface area contributed by atoms with E-state index >= 15 is 0 Å². The summed E-state index contributed by atoms with van der Waals surface area (Å²) in [4.78, 5) is 38.4. The van der Waals surface area contributed by atoms with Gasteiger partial charge in [-0.05, 0) is 89.9 Å². The second-order valence-corrected chi connectivity index (χ2v) is 23.1. The van der Waals surface area contributed by atoms with Gasteiger partial charge in [0.05, 0.1) is 0 Å². The van der Waals surface area contributed by atoms with Crippen LogP contribution in [-0.4, -0.2) is 37.2 Å². The van der Waals surface area contributed by atoms with E-state index in [4.69, 9.17) is 14.2 Å². The number of unbranched alkanes of at least 4 members (excludes halogenated alkanes) is 40. The number of allylic oxidation sites excluding steroid dienone is 12. The number of esters is 3. The molecule has 1 unspecified atom stereocenters. The fourth-order valence-electron chi connectivity index (χ4n) is 10.1. The van der Waals surface area contributed by atoms with Gasteiger partial charge in [-0.3, -0.25) is 14.4 Å². The molecule has 0 radical (unpaired) electrons. The van der Waals surface area contributed by atoms with Crippen LogP contribution in [0.1, 0.15) is 355 Å². The fourth-order valence-corrected chi connectivity index (χ4v) is 10.1. The molecule has 79 heavy (non-hydrogen) atoms. The van der Waals surface area contributed by atoms with Gasteiger partial charge >= 0.3 is 17.9 Å². The van der Waals surface area contributed by atoms with Gasteiger partial charge in [-0.15, -0.1) is 0 Å². The second-order valence-electron chi connectivity index (χ2n) is 23.1. The minimum absolute atomic E-state index is 0.0770. The Kier molecular flexibility index (Phi) is 64.7. The van der Waals surface area contributed by atoms with Crippen LogP contribution in [0.25, 0.3) is 0 Å². The molecule has 0 bridgehead atoms. The van der Waals surface area contributed by atoms with Crippen LogP contribution in [0.3, 0.4) is 0 Å². The first kappa shape index (κ1) is 75.8. The molecular weight excluding hydrogens is 973 g/mol. The topological polar surface area (TPSA) is 78.9 Å². The summed E-state index contributed by atoms with van der Waals surface area (Å²) < 4.78 is 17.0. The molecule has 6 heteroatoms. The molecule has 0 aliphatic heterocycles. The van der Waals surface area contributed by atoms with E-state index < -0.39 is 6.10 Å². The van der Waals surface area contributed by atoms with E-state index in [-0.39, 0.29) is 31.1 Å². The summed E-state index contributed by atoms with van der Waals surface area (Å²) in [5, 5.41) is 0. The van der Waals surface area contributed by atoms with Gasteiger partial charge in [0.15, 0.2) is 6.10 Å². The lowest BCUT2D eigenvalue weighted by Crippen LogP contribution is -2.30. The van der Waals surface area contributed by atoms with Gasteiger partial charge in [-0.25, -0.2) is 0 Å². The Hall–Kier alpha value is -3.15. The maximum Gasteiger partial charge on any atom is 0.306 e. The van der Waals surface area contributed by atoms with Crippen molar-refractivity contribution in [3.8, 4) is 0 Å². The van der Waals surface area contributed by atoms with E-state index in [9.17, 15) is 14.4 Å². The van der Waals surface area contributed by atoms with Crippen LogP contribution in [0, 0.1) is 0 Å². The van der Waals surface area contributed by atoms with E-state index in [0.717, 1.165) is 103 Å². The highest BCUT2D eigenvalue weighted by Gasteiger charge is 2.19. The van der Waals surface area contributed by atoms with Crippen LogP contribution in [0.4, 0.5) is 0 Å². The maximum atomic E-state index is 12.9. The molecule has 458 valence electrons. The Morgan fingerprint density at radius 2 is 0.494 bits per heavy atom. The number of carbonyl (C=O) groups is 3. The highest BCUT2D eigenvalue weighted by Crippen LogP contribution is 2.18. The molecule has 0 saturated heterocycles. The molecule has 0 aromatic rings. The molecule has 0 fully saturated rings. The molecule has 0 spiro atoms. The predicted octanol–water partition coefficient (Wildman–Crippen LogP) is 23.7. The normalized spacial score (nSPS) is 12.5. The van der Waals surface area contributed by atoms with E-state index in [1.165, 1.54) is 212 Å². The first-order chi connectivity index (χ1) is 39.0. The SMILES string of the molecule is CC/C=C\C/C=C\C/C=C\C/C=C\CCCCCCCCC(=O)OC(COC(=O)CCCCCCCCCCCCCCC)COC(=O)CCCCCCCCCCCCCCCCCCC/C=C\C/C=C\CCCCCCC. The summed E-state index contributed by atoms with van der Waals surface area (Å²) in [5.74, 6) is -0.871. The Bertz CT molecular complexity index is 1450. The highest BCUT2D eigenvalue weighted by molar-refractivity contribution is 5.71. The van der Waals surface area contributed by atoms with Crippen molar-refractivity contribution < 1.29 is 28.6 Å². The molecule has 0 saturated carbocycles. The van der Waals surface area contributed by atoms with Crippen molar-refractivity contribution >= 4 is 17.9 Å².